The highest BCUT2D eigenvalue weighted by Crippen LogP contribution is 2.21. The molecule has 100 valence electrons. The molecule has 0 spiro atoms. The molecule has 1 aromatic rings. The molecule has 0 amide bonds. The number of halogens is 1. The molecule has 0 aliphatic rings. The van der Waals surface area contributed by atoms with E-state index in [-0.39, 0.29) is 25.1 Å². The van der Waals surface area contributed by atoms with Gasteiger partial charge in [0.05, 0.1) is 13.2 Å². The van der Waals surface area contributed by atoms with Gasteiger partial charge in [0.1, 0.15) is 6.10 Å². The standard InChI is InChI=1S/C12H21NO2S.ClH/c1-3-13(4-2)7-8-15-11(10-14)12-6-5-9-16-12;/h5-6,9,11,14H,3-4,7-8,10H2,1-2H3;1H. The molecule has 0 aliphatic carbocycles. The van der Waals surface area contributed by atoms with Gasteiger partial charge in [-0.05, 0) is 24.5 Å². The lowest BCUT2D eigenvalue weighted by molar-refractivity contribution is 0.00463. The van der Waals surface area contributed by atoms with Crippen molar-refractivity contribution in [3.8, 4) is 0 Å². The van der Waals surface area contributed by atoms with Crippen LogP contribution in [0.25, 0.3) is 0 Å². The molecule has 3 nitrogen and oxygen atoms in total. The molecular formula is C12H22ClNO2S. The van der Waals surface area contributed by atoms with E-state index >= 15 is 0 Å². The number of hydrogen-bond donors (Lipinski definition) is 1. The van der Waals surface area contributed by atoms with Gasteiger partial charge in [0.2, 0.25) is 0 Å². The van der Waals surface area contributed by atoms with Crippen molar-refractivity contribution in [2.45, 2.75) is 20.0 Å². The number of rotatable bonds is 8. The minimum atomic E-state index is -0.157. The SMILES string of the molecule is CCN(CC)CCOC(CO)c1cccs1.Cl. The van der Waals surface area contributed by atoms with Crippen LogP contribution in [0, 0.1) is 0 Å². The lowest BCUT2D eigenvalue weighted by Gasteiger charge is -2.20. The first-order chi connectivity index (χ1) is 7.81. The smallest absolute Gasteiger partial charge is 0.115 e. The van der Waals surface area contributed by atoms with Gasteiger partial charge < -0.3 is 14.7 Å². The number of nitrogens with zero attached hydrogens (tertiary/aromatic N) is 1. The summed E-state index contributed by atoms with van der Waals surface area (Å²) in [5.41, 5.74) is 0. The van der Waals surface area contributed by atoms with Crippen LogP contribution in [0.5, 0.6) is 0 Å². The zero-order valence-corrected chi connectivity index (χ0v) is 12.1. The molecule has 0 saturated carbocycles. The number of aliphatic hydroxyl groups is 1. The summed E-state index contributed by atoms with van der Waals surface area (Å²) >= 11 is 1.63. The van der Waals surface area contributed by atoms with Gasteiger partial charge >= 0.3 is 0 Å². The fourth-order valence-corrected chi connectivity index (χ4v) is 2.33. The third-order valence-electron chi connectivity index (χ3n) is 2.65. The van der Waals surface area contributed by atoms with Crippen LogP contribution in [0.4, 0.5) is 0 Å². The van der Waals surface area contributed by atoms with Gasteiger partial charge in [0.15, 0.2) is 0 Å². The Labute approximate surface area is 114 Å². The number of thiophene rings is 1. The van der Waals surface area contributed by atoms with E-state index < -0.39 is 0 Å². The molecule has 0 aromatic carbocycles. The summed E-state index contributed by atoms with van der Waals surface area (Å²) in [6.07, 6.45) is -0.157. The van der Waals surface area contributed by atoms with Gasteiger partial charge in [-0.1, -0.05) is 19.9 Å². The molecule has 0 bridgehead atoms. The molecule has 1 rings (SSSR count). The maximum absolute atomic E-state index is 9.25. The molecule has 17 heavy (non-hydrogen) atoms. The largest absolute Gasteiger partial charge is 0.393 e. The molecule has 1 aromatic heterocycles. The molecule has 1 heterocycles. The van der Waals surface area contributed by atoms with E-state index in [0.29, 0.717) is 6.61 Å². The Hall–Kier alpha value is -0.130. The second-order valence-electron chi connectivity index (χ2n) is 3.58. The fourth-order valence-electron chi connectivity index (χ4n) is 1.56. The normalized spacial score (nSPS) is 12.5. The van der Waals surface area contributed by atoms with E-state index in [0.717, 1.165) is 24.5 Å². The highest BCUT2D eigenvalue weighted by atomic mass is 35.5. The van der Waals surface area contributed by atoms with Crippen molar-refractivity contribution >= 4 is 23.7 Å². The van der Waals surface area contributed by atoms with E-state index in [9.17, 15) is 5.11 Å². The predicted molar refractivity (Wildman–Crippen MR) is 75.1 cm³/mol. The van der Waals surface area contributed by atoms with Crippen molar-refractivity contribution < 1.29 is 9.84 Å². The summed E-state index contributed by atoms with van der Waals surface area (Å²) in [5.74, 6) is 0. The Balaban J connectivity index is 0.00000256. The van der Waals surface area contributed by atoms with E-state index in [2.05, 4.69) is 18.7 Å². The third-order valence-corrected chi connectivity index (χ3v) is 3.61. The molecule has 0 radical (unpaired) electrons. The van der Waals surface area contributed by atoms with Crippen LogP contribution in [-0.2, 0) is 4.74 Å². The van der Waals surface area contributed by atoms with Crippen LogP contribution in [0.3, 0.4) is 0 Å². The second-order valence-corrected chi connectivity index (χ2v) is 4.56. The van der Waals surface area contributed by atoms with Crippen LogP contribution in [0.2, 0.25) is 0 Å². The van der Waals surface area contributed by atoms with Crippen LogP contribution in [0.1, 0.15) is 24.8 Å². The first-order valence-corrected chi connectivity index (χ1v) is 6.68. The Bertz CT molecular complexity index is 265. The Morgan fingerprint density at radius 2 is 2.12 bits per heavy atom. The summed E-state index contributed by atoms with van der Waals surface area (Å²) in [4.78, 5) is 3.41. The summed E-state index contributed by atoms with van der Waals surface area (Å²) < 4.78 is 5.69. The van der Waals surface area contributed by atoms with Crippen LogP contribution in [-0.4, -0.2) is 42.9 Å². The topological polar surface area (TPSA) is 32.7 Å². The third kappa shape index (κ3) is 5.84. The summed E-state index contributed by atoms with van der Waals surface area (Å²) in [5, 5.41) is 11.3. The average Bonchev–Trinajstić information content (AvgIpc) is 2.83. The highest BCUT2D eigenvalue weighted by Gasteiger charge is 2.11. The van der Waals surface area contributed by atoms with Gasteiger partial charge in [-0.25, -0.2) is 0 Å². The monoisotopic (exact) mass is 279 g/mol. The van der Waals surface area contributed by atoms with Crippen molar-refractivity contribution in [1.82, 2.24) is 4.90 Å². The van der Waals surface area contributed by atoms with Crippen molar-refractivity contribution in [2.75, 3.05) is 32.8 Å². The van der Waals surface area contributed by atoms with Gasteiger partial charge in [-0.3, -0.25) is 0 Å². The van der Waals surface area contributed by atoms with E-state index in [1.165, 1.54) is 0 Å². The zero-order chi connectivity index (χ0) is 11.8. The molecule has 1 unspecified atom stereocenters. The lowest BCUT2D eigenvalue weighted by Crippen LogP contribution is -2.27. The van der Waals surface area contributed by atoms with Crippen molar-refractivity contribution in [1.29, 1.82) is 0 Å². The molecule has 1 atom stereocenters. The van der Waals surface area contributed by atoms with Crippen LogP contribution >= 0.6 is 23.7 Å². The Kier molecular flexibility index (Phi) is 9.78. The first-order valence-electron chi connectivity index (χ1n) is 5.80. The van der Waals surface area contributed by atoms with E-state index in [1.54, 1.807) is 11.3 Å². The minimum Gasteiger partial charge on any atom is -0.393 e. The predicted octanol–water partition coefficient (Wildman–Crippen LogP) is 2.56. The summed E-state index contributed by atoms with van der Waals surface area (Å²) in [6.45, 7) is 8.03. The molecule has 5 heteroatoms. The number of likely N-dealkylation sites (N-methyl/N-ethyl adjacent to an activating group) is 1. The van der Waals surface area contributed by atoms with Crippen LogP contribution < -0.4 is 0 Å². The maximum Gasteiger partial charge on any atom is 0.115 e. The number of hydrogen-bond acceptors (Lipinski definition) is 4. The van der Waals surface area contributed by atoms with Gasteiger partial charge in [-0.15, -0.1) is 23.7 Å². The minimum absolute atomic E-state index is 0. The summed E-state index contributed by atoms with van der Waals surface area (Å²) in [6, 6.07) is 3.99. The van der Waals surface area contributed by atoms with Crippen molar-refractivity contribution in [3.05, 3.63) is 22.4 Å². The lowest BCUT2D eigenvalue weighted by atomic mass is 10.3. The highest BCUT2D eigenvalue weighted by molar-refractivity contribution is 7.10. The Morgan fingerprint density at radius 1 is 1.41 bits per heavy atom. The maximum atomic E-state index is 9.25. The summed E-state index contributed by atoms with van der Waals surface area (Å²) in [7, 11) is 0. The second kappa shape index (κ2) is 9.85. The van der Waals surface area contributed by atoms with Crippen molar-refractivity contribution in [2.24, 2.45) is 0 Å². The first kappa shape index (κ1) is 16.9. The number of aliphatic hydroxyl groups excluding tert-OH is 1. The molecule has 0 fully saturated rings. The molecular weight excluding hydrogens is 258 g/mol. The van der Waals surface area contributed by atoms with E-state index in [4.69, 9.17) is 4.74 Å². The molecule has 1 N–H and O–H groups in total. The Morgan fingerprint density at radius 3 is 2.59 bits per heavy atom. The van der Waals surface area contributed by atoms with Crippen molar-refractivity contribution in [3.63, 3.8) is 0 Å². The molecule has 0 saturated heterocycles. The average molecular weight is 280 g/mol. The molecule has 0 aliphatic heterocycles. The van der Waals surface area contributed by atoms with Gasteiger partial charge in [-0.2, -0.15) is 0 Å². The van der Waals surface area contributed by atoms with Crippen LogP contribution in [0.15, 0.2) is 17.5 Å². The fraction of sp³-hybridized carbons (Fsp3) is 0.667. The number of ether oxygens (including phenoxy) is 1. The van der Waals surface area contributed by atoms with Gasteiger partial charge in [0.25, 0.3) is 0 Å². The van der Waals surface area contributed by atoms with E-state index in [1.807, 2.05) is 17.5 Å². The quantitative estimate of drug-likeness (QED) is 0.794. The van der Waals surface area contributed by atoms with Gasteiger partial charge in [0, 0.05) is 11.4 Å². The zero-order valence-electron chi connectivity index (χ0n) is 10.5.